The van der Waals surface area contributed by atoms with Crippen molar-refractivity contribution in [1.82, 2.24) is 19.9 Å². The Labute approximate surface area is 205 Å². The van der Waals surface area contributed by atoms with Crippen LogP contribution in [0.2, 0.25) is 5.28 Å². The van der Waals surface area contributed by atoms with Crippen molar-refractivity contribution >= 4 is 40.6 Å². The first-order valence-electron chi connectivity index (χ1n) is 10.6. The summed E-state index contributed by atoms with van der Waals surface area (Å²) >= 11 is 6.08. The van der Waals surface area contributed by atoms with Gasteiger partial charge >= 0.3 is 12.2 Å². The van der Waals surface area contributed by atoms with Crippen molar-refractivity contribution in [2.24, 2.45) is 7.05 Å². The summed E-state index contributed by atoms with van der Waals surface area (Å²) in [7, 11) is 3.01. The molecular formula is C22H27ClFN5O6. The maximum Gasteiger partial charge on any atom is 0.413 e. The quantitative estimate of drug-likeness (QED) is 0.432. The summed E-state index contributed by atoms with van der Waals surface area (Å²) in [6.07, 6.45) is -0.676. The van der Waals surface area contributed by atoms with Gasteiger partial charge in [0.15, 0.2) is 11.6 Å². The lowest BCUT2D eigenvalue weighted by molar-refractivity contribution is 0.0468. The molecule has 3 heterocycles. The van der Waals surface area contributed by atoms with Gasteiger partial charge in [0.25, 0.3) is 0 Å². The molecule has 3 aromatic rings. The fraction of sp³-hybridized carbons (Fsp3) is 0.455. The van der Waals surface area contributed by atoms with E-state index in [4.69, 9.17) is 25.5 Å². The van der Waals surface area contributed by atoms with Gasteiger partial charge in [-0.25, -0.2) is 14.0 Å². The number of carbonyl (C=O) groups excluding carboxylic acids is 1. The number of amides is 2. The lowest BCUT2D eigenvalue weighted by Crippen LogP contribution is -2.43. The zero-order chi connectivity index (χ0) is 25.9. The minimum absolute atomic E-state index is 0.00586. The van der Waals surface area contributed by atoms with E-state index >= 15 is 4.39 Å². The number of rotatable bonds is 8. The van der Waals surface area contributed by atoms with E-state index in [-0.39, 0.29) is 47.4 Å². The standard InChI is InChI=1S/C22H27ClFN5O6/c1-22(2,3)35-20(30)25-12(11-33-5)9-14-16(24)15-17(28(14)4)26-19(23)27-18(15)29(21(31)32)10-13-7-6-8-34-13/h6-8,12H,9-11H2,1-5H3,(H,25,30)(H,31,32). The lowest BCUT2D eigenvalue weighted by atomic mass is 10.1. The van der Waals surface area contributed by atoms with Crippen molar-refractivity contribution in [3.05, 3.63) is 41.0 Å². The van der Waals surface area contributed by atoms with Gasteiger partial charge in [0.2, 0.25) is 5.28 Å². The van der Waals surface area contributed by atoms with Crippen LogP contribution < -0.4 is 10.2 Å². The smallest absolute Gasteiger partial charge is 0.413 e. The summed E-state index contributed by atoms with van der Waals surface area (Å²) in [6.45, 7) is 5.02. The first-order chi connectivity index (χ1) is 16.4. The minimum Gasteiger partial charge on any atom is -0.467 e. The number of aromatic nitrogens is 3. The number of ether oxygens (including phenoxy) is 2. The van der Waals surface area contributed by atoms with E-state index in [2.05, 4.69) is 15.3 Å². The van der Waals surface area contributed by atoms with Crippen LogP contribution in [-0.2, 0) is 29.5 Å². The summed E-state index contributed by atoms with van der Waals surface area (Å²) in [4.78, 5) is 33.3. The fourth-order valence-electron chi connectivity index (χ4n) is 3.54. The predicted octanol–water partition coefficient (Wildman–Crippen LogP) is 4.12. The number of carboxylic acid groups (broad SMARTS) is 1. The Balaban J connectivity index is 2.03. The lowest BCUT2D eigenvalue weighted by Gasteiger charge is -2.23. The van der Waals surface area contributed by atoms with Crippen molar-refractivity contribution in [1.29, 1.82) is 0 Å². The molecule has 3 rings (SSSR count). The number of halogens is 2. The molecule has 0 saturated heterocycles. The molecule has 0 radical (unpaired) electrons. The zero-order valence-electron chi connectivity index (χ0n) is 20.0. The summed E-state index contributed by atoms with van der Waals surface area (Å²) in [5.74, 6) is -0.646. The number of hydrogen-bond donors (Lipinski definition) is 2. The van der Waals surface area contributed by atoms with Gasteiger partial charge in [0.1, 0.15) is 17.0 Å². The zero-order valence-corrected chi connectivity index (χ0v) is 20.7. The van der Waals surface area contributed by atoms with Gasteiger partial charge in [-0.1, -0.05) is 0 Å². The molecule has 0 aliphatic rings. The second kappa shape index (κ2) is 10.5. The van der Waals surface area contributed by atoms with Crippen molar-refractivity contribution < 1.29 is 33.0 Å². The highest BCUT2D eigenvalue weighted by Gasteiger charge is 2.29. The normalized spacial score (nSPS) is 12.5. The van der Waals surface area contributed by atoms with Gasteiger partial charge in [-0.05, 0) is 44.5 Å². The number of alkyl carbamates (subject to hydrolysis) is 1. The van der Waals surface area contributed by atoms with Crippen LogP contribution in [-0.4, -0.2) is 57.2 Å². The summed E-state index contributed by atoms with van der Waals surface area (Å²) < 4.78 is 33.0. The van der Waals surface area contributed by atoms with E-state index in [0.717, 1.165) is 4.90 Å². The number of furan rings is 1. The van der Waals surface area contributed by atoms with Gasteiger partial charge in [0.05, 0.1) is 36.5 Å². The molecule has 2 amide bonds. The number of fused-ring (bicyclic) bond motifs is 1. The van der Waals surface area contributed by atoms with Crippen LogP contribution in [0.15, 0.2) is 22.8 Å². The first-order valence-corrected chi connectivity index (χ1v) is 11.0. The number of carbonyl (C=O) groups is 2. The molecule has 0 aliphatic heterocycles. The molecule has 0 spiro atoms. The fourth-order valence-corrected chi connectivity index (χ4v) is 3.70. The average Bonchev–Trinajstić information content (AvgIpc) is 3.33. The largest absolute Gasteiger partial charge is 0.467 e. The first kappa shape index (κ1) is 26.2. The molecule has 35 heavy (non-hydrogen) atoms. The summed E-state index contributed by atoms with van der Waals surface area (Å²) in [5, 5.41) is 12.1. The van der Waals surface area contributed by atoms with Crippen molar-refractivity contribution in [2.45, 2.75) is 45.4 Å². The molecule has 0 fully saturated rings. The second-order valence-electron chi connectivity index (χ2n) is 8.79. The van der Waals surface area contributed by atoms with Crippen LogP contribution in [0, 0.1) is 5.82 Å². The Morgan fingerprint density at radius 3 is 2.66 bits per heavy atom. The van der Waals surface area contributed by atoms with E-state index < -0.39 is 29.6 Å². The summed E-state index contributed by atoms with van der Waals surface area (Å²) in [5.41, 5.74) is -0.492. The highest BCUT2D eigenvalue weighted by molar-refractivity contribution is 6.29. The Morgan fingerprint density at radius 1 is 1.37 bits per heavy atom. The maximum atomic E-state index is 15.8. The molecule has 1 atom stereocenters. The minimum atomic E-state index is -1.38. The number of anilines is 1. The number of hydrogen-bond acceptors (Lipinski definition) is 7. The van der Waals surface area contributed by atoms with Crippen LogP contribution >= 0.6 is 11.6 Å². The highest BCUT2D eigenvalue weighted by atomic mass is 35.5. The molecule has 13 heteroatoms. The van der Waals surface area contributed by atoms with E-state index in [1.54, 1.807) is 40.0 Å². The van der Waals surface area contributed by atoms with Crippen molar-refractivity contribution in [2.75, 3.05) is 18.6 Å². The van der Waals surface area contributed by atoms with Gasteiger partial charge in [-0.2, -0.15) is 9.97 Å². The van der Waals surface area contributed by atoms with Gasteiger partial charge in [-0.3, -0.25) is 4.90 Å². The Morgan fingerprint density at radius 2 is 2.09 bits per heavy atom. The van der Waals surface area contributed by atoms with Crippen LogP contribution in [0.5, 0.6) is 0 Å². The van der Waals surface area contributed by atoms with Crippen molar-refractivity contribution in [3.63, 3.8) is 0 Å². The van der Waals surface area contributed by atoms with Crippen LogP contribution in [0.1, 0.15) is 32.2 Å². The highest BCUT2D eigenvalue weighted by Crippen LogP contribution is 2.33. The molecule has 190 valence electrons. The number of aryl methyl sites for hydroxylation is 1. The van der Waals surface area contributed by atoms with E-state index in [0.29, 0.717) is 5.76 Å². The molecule has 0 bridgehead atoms. The molecule has 0 aromatic carbocycles. The van der Waals surface area contributed by atoms with Crippen LogP contribution in [0.25, 0.3) is 11.0 Å². The number of nitrogens with zero attached hydrogens (tertiary/aromatic N) is 4. The van der Waals surface area contributed by atoms with Crippen molar-refractivity contribution in [3.8, 4) is 0 Å². The summed E-state index contributed by atoms with van der Waals surface area (Å²) in [6, 6.07) is 2.53. The second-order valence-corrected chi connectivity index (χ2v) is 9.12. The molecular weight excluding hydrogens is 485 g/mol. The third-order valence-electron chi connectivity index (χ3n) is 4.95. The van der Waals surface area contributed by atoms with Gasteiger partial charge < -0.3 is 28.9 Å². The monoisotopic (exact) mass is 511 g/mol. The molecule has 0 aliphatic carbocycles. The molecule has 11 nitrogen and oxygen atoms in total. The molecule has 2 N–H and O–H groups in total. The van der Waals surface area contributed by atoms with E-state index in [1.165, 1.54) is 17.9 Å². The van der Waals surface area contributed by atoms with Gasteiger partial charge in [-0.15, -0.1) is 0 Å². The molecule has 0 saturated carbocycles. The SMILES string of the molecule is COCC(Cc1c(F)c2c(N(Cc3ccco3)C(=O)O)nc(Cl)nc2n1C)NC(=O)OC(C)(C)C. The average molecular weight is 512 g/mol. The van der Waals surface area contributed by atoms with Crippen LogP contribution in [0.3, 0.4) is 0 Å². The number of nitrogens with one attached hydrogen (secondary N) is 1. The third-order valence-corrected chi connectivity index (χ3v) is 5.12. The number of methoxy groups -OCH3 is 1. The molecule has 3 aromatic heterocycles. The van der Waals surface area contributed by atoms with E-state index in [1.807, 2.05) is 0 Å². The van der Waals surface area contributed by atoms with Crippen LogP contribution in [0.4, 0.5) is 19.8 Å². The Kier molecular flexibility index (Phi) is 7.86. The van der Waals surface area contributed by atoms with Gasteiger partial charge in [0, 0.05) is 20.6 Å². The molecule has 1 unspecified atom stereocenters. The maximum absolute atomic E-state index is 15.8. The third kappa shape index (κ3) is 6.20. The topological polar surface area (TPSA) is 132 Å². The Hall–Kier alpha value is -3.38. The van der Waals surface area contributed by atoms with E-state index in [9.17, 15) is 14.7 Å². The predicted molar refractivity (Wildman–Crippen MR) is 125 cm³/mol. The Bertz CT molecular complexity index is 1210.